The average Bonchev–Trinajstić information content (AvgIpc) is 3.04. The van der Waals surface area contributed by atoms with Crippen molar-refractivity contribution in [3.05, 3.63) is 70.8 Å². The summed E-state index contributed by atoms with van der Waals surface area (Å²) < 4.78 is 0. The first-order valence-corrected chi connectivity index (χ1v) is 10.6. The molecule has 2 aliphatic heterocycles. The van der Waals surface area contributed by atoms with Gasteiger partial charge in [-0.25, -0.2) is 0 Å². The van der Waals surface area contributed by atoms with E-state index in [4.69, 9.17) is 0 Å². The molecule has 0 saturated carbocycles. The summed E-state index contributed by atoms with van der Waals surface area (Å²) in [6, 6.07) is 17.2. The quantitative estimate of drug-likeness (QED) is 0.713. The summed E-state index contributed by atoms with van der Waals surface area (Å²) in [6.07, 6.45) is 6.25. The molecule has 30 heavy (non-hydrogen) atoms. The molecule has 2 bridgehead atoms. The Balaban J connectivity index is 1.68. The maximum Gasteiger partial charge on any atom is 0.188 e. The zero-order chi connectivity index (χ0) is 21.4. The third kappa shape index (κ3) is 3.80. The van der Waals surface area contributed by atoms with E-state index in [1.54, 1.807) is 0 Å². The summed E-state index contributed by atoms with van der Waals surface area (Å²) in [5.41, 5.74) is 6.31. The lowest BCUT2D eigenvalue weighted by molar-refractivity contribution is -0.114. The summed E-state index contributed by atoms with van der Waals surface area (Å²) >= 11 is 0. The number of nitrogens with zero attached hydrogens (tertiary/aromatic N) is 3. The standard InChI is InChI=1S/C26H31N3O/c1-27(2)20-10-6-18(7-11-20)16-22-24-14-15-25(29(24)5)23(26(22)30)17-19-8-12-21(13-9-19)28(3)4/h6-13,16-17,24-25H,14-15H2,1-5H3/b22-16-,23-17-/t24-,25-/m0/s1. The molecule has 0 unspecified atom stereocenters. The Bertz CT molecular complexity index is 904. The Morgan fingerprint density at radius 1 is 0.733 bits per heavy atom. The molecule has 2 aromatic carbocycles. The number of carbonyl (C=O) groups excluding carboxylic acids is 1. The lowest BCUT2D eigenvalue weighted by Gasteiger charge is -2.34. The normalized spacial score (nSPS) is 24.0. The van der Waals surface area contributed by atoms with Crippen LogP contribution in [-0.4, -0.2) is 58.0 Å². The molecule has 2 saturated heterocycles. The zero-order valence-electron chi connectivity index (χ0n) is 18.6. The van der Waals surface area contributed by atoms with Crippen LogP contribution < -0.4 is 9.80 Å². The fourth-order valence-electron chi connectivity index (χ4n) is 4.58. The van der Waals surface area contributed by atoms with E-state index in [1.165, 1.54) is 0 Å². The number of hydrogen-bond acceptors (Lipinski definition) is 4. The van der Waals surface area contributed by atoms with Gasteiger partial charge in [0, 0.05) is 62.8 Å². The van der Waals surface area contributed by atoms with E-state index in [1.807, 2.05) is 28.2 Å². The number of piperidine rings is 1. The second-order valence-corrected chi connectivity index (χ2v) is 8.77. The van der Waals surface area contributed by atoms with Crippen molar-refractivity contribution in [3.63, 3.8) is 0 Å². The van der Waals surface area contributed by atoms with Crippen molar-refractivity contribution < 1.29 is 4.79 Å². The highest BCUT2D eigenvalue weighted by atomic mass is 16.1. The van der Waals surface area contributed by atoms with Crippen molar-refractivity contribution >= 4 is 29.3 Å². The van der Waals surface area contributed by atoms with Crippen LogP contribution in [0, 0.1) is 0 Å². The Kier molecular flexibility index (Phi) is 5.52. The third-order valence-corrected chi connectivity index (χ3v) is 6.40. The van der Waals surface area contributed by atoms with Gasteiger partial charge in [-0.3, -0.25) is 9.69 Å². The number of likely N-dealkylation sites (N-methyl/N-ethyl adjacent to an activating group) is 1. The first kappa shape index (κ1) is 20.4. The second-order valence-electron chi connectivity index (χ2n) is 8.77. The van der Waals surface area contributed by atoms with Crippen molar-refractivity contribution in [1.82, 2.24) is 4.90 Å². The van der Waals surface area contributed by atoms with Gasteiger partial charge < -0.3 is 9.80 Å². The third-order valence-electron chi connectivity index (χ3n) is 6.40. The van der Waals surface area contributed by atoms with E-state index in [-0.39, 0.29) is 17.9 Å². The van der Waals surface area contributed by atoms with Crippen LogP contribution in [-0.2, 0) is 4.79 Å². The van der Waals surface area contributed by atoms with Crippen molar-refractivity contribution in [2.24, 2.45) is 0 Å². The monoisotopic (exact) mass is 401 g/mol. The molecular formula is C26H31N3O. The van der Waals surface area contributed by atoms with Crippen LogP contribution in [0.2, 0.25) is 0 Å². The average molecular weight is 402 g/mol. The van der Waals surface area contributed by atoms with E-state index in [0.29, 0.717) is 0 Å². The topological polar surface area (TPSA) is 26.8 Å². The molecule has 4 nitrogen and oxygen atoms in total. The van der Waals surface area contributed by atoms with Crippen molar-refractivity contribution in [2.75, 3.05) is 45.0 Å². The van der Waals surface area contributed by atoms with Crippen molar-refractivity contribution in [1.29, 1.82) is 0 Å². The van der Waals surface area contributed by atoms with E-state index in [9.17, 15) is 4.79 Å². The molecule has 2 aromatic rings. The number of benzene rings is 2. The minimum absolute atomic E-state index is 0.203. The highest BCUT2D eigenvalue weighted by molar-refractivity contribution is 6.16. The minimum atomic E-state index is 0.203. The van der Waals surface area contributed by atoms with E-state index < -0.39 is 0 Å². The predicted molar refractivity (Wildman–Crippen MR) is 127 cm³/mol. The van der Waals surface area contributed by atoms with Gasteiger partial charge in [0.15, 0.2) is 5.78 Å². The molecule has 2 heterocycles. The number of Topliss-reactive ketones (excluding diaryl/α,β-unsaturated/α-hetero) is 1. The van der Waals surface area contributed by atoms with Crippen LogP contribution in [0.15, 0.2) is 59.7 Å². The summed E-state index contributed by atoms with van der Waals surface area (Å²) in [6.45, 7) is 0. The summed E-state index contributed by atoms with van der Waals surface area (Å²) in [7, 11) is 10.3. The molecule has 156 valence electrons. The Morgan fingerprint density at radius 2 is 1.10 bits per heavy atom. The second kappa shape index (κ2) is 8.11. The molecule has 0 spiro atoms. The van der Waals surface area contributed by atoms with Crippen molar-refractivity contribution in [3.8, 4) is 0 Å². The minimum Gasteiger partial charge on any atom is -0.378 e. The number of carbonyl (C=O) groups is 1. The van der Waals surface area contributed by atoms with Crippen molar-refractivity contribution in [2.45, 2.75) is 24.9 Å². The molecule has 0 aliphatic carbocycles. The Morgan fingerprint density at radius 3 is 1.43 bits per heavy atom. The Hall–Kier alpha value is -2.85. The molecule has 0 amide bonds. The molecule has 4 heteroatoms. The van der Waals surface area contributed by atoms with Gasteiger partial charge >= 0.3 is 0 Å². The summed E-state index contributed by atoms with van der Waals surface area (Å²) in [5.74, 6) is 0.203. The SMILES string of the molecule is CN(C)c1ccc(/C=C2\C(=O)/C(=C\c3ccc(N(C)C)cc3)[C@@H]3CC[C@@H]2N3C)cc1. The van der Waals surface area contributed by atoms with Gasteiger partial charge in [0.2, 0.25) is 0 Å². The zero-order valence-corrected chi connectivity index (χ0v) is 18.6. The number of hydrogen-bond donors (Lipinski definition) is 0. The van der Waals surface area contributed by atoms with Gasteiger partial charge in [0.05, 0.1) is 0 Å². The maximum atomic E-state index is 13.5. The lowest BCUT2D eigenvalue weighted by atomic mass is 9.88. The number of rotatable bonds is 4. The summed E-state index contributed by atoms with van der Waals surface area (Å²) in [4.78, 5) is 20.1. The Labute approximate surface area is 180 Å². The molecular weight excluding hydrogens is 370 g/mol. The lowest BCUT2D eigenvalue weighted by Crippen LogP contribution is -2.43. The van der Waals surface area contributed by atoms with Gasteiger partial charge in [0.25, 0.3) is 0 Å². The number of ketones is 1. The van der Waals surface area contributed by atoms with E-state index in [0.717, 1.165) is 46.5 Å². The van der Waals surface area contributed by atoms with Crippen LogP contribution in [0.3, 0.4) is 0 Å². The maximum absolute atomic E-state index is 13.5. The van der Waals surface area contributed by atoms with Gasteiger partial charge in [-0.05, 0) is 67.4 Å². The first-order valence-electron chi connectivity index (χ1n) is 10.6. The van der Waals surface area contributed by atoms with E-state index >= 15 is 0 Å². The molecule has 2 aliphatic rings. The largest absolute Gasteiger partial charge is 0.378 e. The number of fused-ring (bicyclic) bond motifs is 2. The van der Waals surface area contributed by atoms with Crippen LogP contribution in [0.4, 0.5) is 11.4 Å². The molecule has 2 atom stereocenters. The van der Waals surface area contributed by atoms with Gasteiger partial charge in [-0.2, -0.15) is 0 Å². The summed E-state index contributed by atoms with van der Waals surface area (Å²) in [5, 5.41) is 0. The molecule has 0 N–H and O–H groups in total. The van der Waals surface area contributed by atoms with Gasteiger partial charge in [-0.1, -0.05) is 24.3 Å². The molecule has 2 fully saturated rings. The molecule has 0 aromatic heterocycles. The van der Waals surface area contributed by atoms with Crippen LogP contribution in [0.5, 0.6) is 0 Å². The molecule has 0 radical (unpaired) electrons. The van der Waals surface area contributed by atoms with Crippen LogP contribution >= 0.6 is 0 Å². The fraction of sp³-hybridized carbons (Fsp3) is 0.346. The smallest absolute Gasteiger partial charge is 0.188 e. The molecule has 4 rings (SSSR count). The van der Waals surface area contributed by atoms with Crippen LogP contribution in [0.25, 0.3) is 12.2 Å². The highest BCUT2D eigenvalue weighted by Gasteiger charge is 2.44. The van der Waals surface area contributed by atoms with Gasteiger partial charge in [-0.15, -0.1) is 0 Å². The van der Waals surface area contributed by atoms with Crippen LogP contribution in [0.1, 0.15) is 24.0 Å². The first-order chi connectivity index (χ1) is 14.3. The van der Waals surface area contributed by atoms with Gasteiger partial charge in [0.1, 0.15) is 0 Å². The van der Waals surface area contributed by atoms with E-state index in [2.05, 4.69) is 82.4 Å². The highest BCUT2D eigenvalue weighted by Crippen LogP contribution is 2.40. The fourth-order valence-corrected chi connectivity index (χ4v) is 4.58. The number of anilines is 2. The predicted octanol–water partition coefficient (Wildman–Crippen LogP) is 4.33.